The number of amides is 1. The predicted molar refractivity (Wildman–Crippen MR) is 72.6 cm³/mol. The van der Waals surface area contributed by atoms with E-state index in [9.17, 15) is 9.59 Å². The second-order valence-corrected chi connectivity index (χ2v) is 4.25. The molecule has 0 aliphatic carbocycles. The van der Waals surface area contributed by atoms with Crippen molar-refractivity contribution in [1.29, 1.82) is 0 Å². The normalized spacial score (nSPS) is 11.8. The van der Waals surface area contributed by atoms with Crippen LogP contribution in [0.2, 0.25) is 0 Å². The van der Waals surface area contributed by atoms with E-state index in [-0.39, 0.29) is 18.7 Å². The molecule has 0 heterocycles. The Bertz CT molecular complexity index is 406. The van der Waals surface area contributed by atoms with E-state index in [1.54, 1.807) is 0 Å². The molecule has 0 bridgehead atoms. The van der Waals surface area contributed by atoms with Crippen molar-refractivity contribution in [2.24, 2.45) is 0 Å². The first kappa shape index (κ1) is 15.2. The molecule has 1 unspecified atom stereocenters. The second kappa shape index (κ2) is 8.26. The smallest absolute Gasteiger partial charge is 0.320 e. The van der Waals surface area contributed by atoms with Gasteiger partial charge < -0.3 is 15.7 Å². The first-order valence-electron chi connectivity index (χ1n) is 6.40. The highest BCUT2D eigenvalue weighted by molar-refractivity contribution is 5.78. The van der Waals surface area contributed by atoms with Crippen LogP contribution in [0.3, 0.4) is 0 Å². The van der Waals surface area contributed by atoms with Gasteiger partial charge in [0.05, 0.1) is 0 Å². The lowest BCUT2D eigenvalue weighted by molar-refractivity contribution is -0.139. The average molecular weight is 264 g/mol. The fraction of sp³-hybridized carbons (Fsp3) is 0.429. The van der Waals surface area contributed by atoms with Crippen LogP contribution >= 0.6 is 0 Å². The number of carbonyl (C=O) groups excluding carboxylic acids is 1. The van der Waals surface area contributed by atoms with Gasteiger partial charge in [0.2, 0.25) is 5.91 Å². The fourth-order valence-electron chi connectivity index (χ4n) is 1.71. The minimum Gasteiger partial charge on any atom is -0.480 e. The third-order valence-corrected chi connectivity index (χ3v) is 2.73. The highest BCUT2D eigenvalue weighted by Crippen LogP contribution is 2.02. The number of hydrogen-bond donors (Lipinski definition) is 3. The molecule has 1 aromatic carbocycles. The summed E-state index contributed by atoms with van der Waals surface area (Å²) in [5.41, 5.74) is 1.02. The number of aliphatic carboxylic acids is 1. The van der Waals surface area contributed by atoms with Gasteiger partial charge in [0.1, 0.15) is 6.04 Å². The zero-order valence-electron chi connectivity index (χ0n) is 11.1. The highest BCUT2D eigenvalue weighted by atomic mass is 16.4. The van der Waals surface area contributed by atoms with Crippen molar-refractivity contribution in [3.8, 4) is 0 Å². The van der Waals surface area contributed by atoms with Crippen LogP contribution in [-0.2, 0) is 16.1 Å². The van der Waals surface area contributed by atoms with Gasteiger partial charge in [-0.1, -0.05) is 30.3 Å². The van der Waals surface area contributed by atoms with Gasteiger partial charge in [-0.25, -0.2) is 0 Å². The summed E-state index contributed by atoms with van der Waals surface area (Å²) >= 11 is 0. The topological polar surface area (TPSA) is 78.4 Å². The van der Waals surface area contributed by atoms with E-state index in [0.717, 1.165) is 5.56 Å². The van der Waals surface area contributed by atoms with Gasteiger partial charge in [0.15, 0.2) is 0 Å². The van der Waals surface area contributed by atoms with Gasteiger partial charge in [0, 0.05) is 19.5 Å². The van der Waals surface area contributed by atoms with E-state index in [1.165, 1.54) is 0 Å². The maximum Gasteiger partial charge on any atom is 0.320 e. The van der Waals surface area contributed by atoms with Gasteiger partial charge in [-0.05, 0) is 18.9 Å². The largest absolute Gasteiger partial charge is 0.480 e. The summed E-state index contributed by atoms with van der Waals surface area (Å²) in [6.45, 7) is 2.88. The highest BCUT2D eigenvalue weighted by Gasteiger charge is 2.17. The minimum atomic E-state index is -0.930. The summed E-state index contributed by atoms with van der Waals surface area (Å²) in [6.07, 6.45) is 0.501. The molecule has 5 heteroatoms. The van der Waals surface area contributed by atoms with Crippen LogP contribution in [0.5, 0.6) is 0 Å². The van der Waals surface area contributed by atoms with Gasteiger partial charge in [-0.3, -0.25) is 9.59 Å². The number of carbonyl (C=O) groups is 2. The van der Waals surface area contributed by atoms with Gasteiger partial charge >= 0.3 is 5.97 Å². The lowest BCUT2D eigenvalue weighted by Gasteiger charge is -2.14. The molecule has 0 aromatic heterocycles. The van der Waals surface area contributed by atoms with E-state index in [1.807, 2.05) is 37.3 Å². The Morgan fingerprint density at radius 3 is 2.53 bits per heavy atom. The van der Waals surface area contributed by atoms with Crippen LogP contribution in [0.25, 0.3) is 0 Å². The average Bonchev–Trinajstić information content (AvgIpc) is 2.39. The number of hydrogen-bond acceptors (Lipinski definition) is 3. The maximum absolute atomic E-state index is 11.3. The van der Waals surface area contributed by atoms with Crippen molar-refractivity contribution in [2.75, 3.05) is 6.54 Å². The van der Waals surface area contributed by atoms with Crippen molar-refractivity contribution in [3.63, 3.8) is 0 Å². The molecule has 0 radical (unpaired) electrons. The van der Waals surface area contributed by atoms with Crippen LogP contribution in [0, 0.1) is 0 Å². The molecule has 0 aliphatic rings. The zero-order chi connectivity index (χ0) is 14.1. The summed E-state index contributed by atoms with van der Waals surface area (Å²) in [7, 11) is 0. The van der Waals surface area contributed by atoms with E-state index in [0.29, 0.717) is 13.1 Å². The molecule has 104 valence electrons. The summed E-state index contributed by atoms with van der Waals surface area (Å²) < 4.78 is 0. The Balaban J connectivity index is 2.41. The van der Waals surface area contributed by atoms with E-state index in [4.69, 9.17) is 5.11 Å². The standard InChI is InChI=1S/C14H20N2O3/c1-2-15-13(17)9-8-12(14(18)19)16-10-11-6-4-3-5-7-11/h3-7,12,16H,2,8-10H2,1H3,(H,15,17)(H,18,19). The molecule has 5 nitrogen and oxygen atoms in total. The molecule has 0 spiro atoms. The molecule has 1 amide bonds. The summed E-state index contributed by atoms with van der Waals surface area (Å²) in [4.78, 5) is 22.4. The molecule has 1 aromatic rings. The fourth-order valence-corrected chi connectivity index (χ4v) is 1.71. The summed E-state index contributed by atoms with van der Waals surface area (Å²) in [6, 6.07) is 8.87. The van der Waals surface area contributed by atoms with Crippen molar-refractivity contribution in [1.82, 2.24) is 10.6 Å². The monoisotopic (exact) mass is 264 g/mol. The van der Waals surface area contributed by atoms with Crippen molar-refractivity contribution < 1.29 is 14.7 Å². The SMILES string of the molecule is CCNC(=O)CCC(NCc1ccccc1)C(=O)O. The molecule has 0 aliphatic heterocycles. The molecule has 1 atom stereocenters. The maximum atomic E-state index is 11.3. The number of nitrogens with one attached hydrogen (secondary N) is 2. The van der Waals surface area contributed by atoms with Crippen molar-refractivity contribution in [3.05, 3.63) is 35.9 Å². The first-order chi connectivity index (χ1) is 9.13. The Labute approximate surface area is 113 Å². The van der Waals surface area contributed by atoms with Crippen LogP contribution in [0.15, 0.2) is 30.3 Å². The minimum absolute atomic E-state index is 0.115. The third-order valence-electron chi connectivity index (χ3n) is 2.73. The molecule has 0 saturated carbocycles. The van der Waals surface area contributed by atoms with Crippen LogP contribution in [0.1, 0.15) is 25.3 Å². The number of carboxylic acid groups (broad SMARTS) is 1. The molecule has 1 rings (SSSR count). The first-order valence-corrected chi connectivity index (χ1v) is 6.40. The third kappa shape index (κ3) is 6.01. The van der Waals surface area contributed by atoms with Gasteiger partial charge in [-0.15, -0.1) is 0 Å². The number of carboxylic acids is 1. The molecule has 0 fully saturated rings. The van der Waals surface area contributed by atoms with E-state index in [2.05, 4.69) is 10.6 Å². The van der Waals surface area contributed by atoms with Crippen LogP contribution in [0.4, 0.5) is 0 Å². The summed E-state index contributed by atoms with van der Waals surface area (Å²) in [5, 5.41) is 14.7. The lowest BCUT2D eigenvalue weighted by Crippen LogP contribution is -2.37. The molecular formula is C14H20N2O3. The second-order valence-electron chi connectivity index (χ2n) is 4.25. The van der Waals surface area contributed by atoms with E-state index < -0.39 is 12.0 Å². The molecular weight excluding hydrogens is 244 g/mol. The number of benzene rings is 1. The molecule has 3 N–H and O–H groups in total. The van der Waals surface area contributed by atoms with Crippen LogP contribution < -0.4 is 10.6 Å². The lowest BCUT2D eigenvalue weighted by atomic mass is 10.1. The molecule has 0 saturated heterocycles. The summed E-state index contributed by atoms with van der Waals surface area (Å²) in [5.74, 6) is -1.05. The van der Waals surface area contributed by atoms with Crippen molar-refractivity contribution >= 4 is 11.9 Å². The Kier molecular flexibility index (Phi) is 6.60. The van der Waals surface area contributed by atoms with Gasteiger partial charge in [0.25, 0.3) is 0 Å². The van der Waals surface area contributed by atoms with Crippen LogP contribution in [-0.4, -0.2) is 29.6 Å². The van der Waals surface area contributed by atoms with Crippen molar-refractivity contribution in [2.45, 2.75) is 32.4 Å². The predicted octanol–water partition coefficient (Wildman–Crippen LogP) is 1.15. The van der Waals surface area contributed by atoms with E-state index >= 15 is 0 Å². The quantitative estimate of drug-likeness (QED) is 0.658. The molecule has 19 heavy (non-hydrogen) atoms. The Hall–Kier alpha value is -1.88. The number of rotatable bonds is 8. The Morgan fingerprint density at radius 1 is 1.26 bits per heavy atom. The van der Waals surface area contributed by atoms with Gasteiger partial charge in [-0.2, -0.15) is 0 Å². The Morgan fingerprint density at radius 2 is 1.95 bits per heavy atom. The zero-order valence-corrected chi connectivity index (χ0v) is 11.1.